The first-order valence-electron chi connectivity index (χ1n) is 7.76. The van der Waals surface area contributed by atoms with E-state index in [2.05, 4.69) is 40.1 Å². The molecule has 0 bridgehead atoms. The maximum absolute atomic E-state index is 5.26. The van der Waals surface area contributed by atoms with Crippen LogP contribution in [0.15, 0.2) is 54.9 Å². The van der Waals surface area contributed by atoms with Crippen LogP contribution in [0.3, 0.4) is 0 Å². The fourth-order valence-corrected chi connectivity index (χ4v) is 3.15. The first kappa shape index (κ1) is 14.5. The lowest BCUT2D eigenvalue weighted by molar-refractivity contribution is 0.415. The second-order valence-electron chi connectivity index (χ2n) is 5.72. The van der Waals surface area contributed by atoms with Crippen molar-refractivity contribution in [1.29, 1.82) is 0 Å². The average molecular weight is 318 g/mol. The summed E-state index contributed by atoms with van der Waals surface area (Å²) >= 11 is 0. The van der Waals surface area contributed by atoms with Gasteiger partial charge in [0.15, 0.2) is 11.6 Å². The van der Waals surface area contributed by atoms with Gasteiger partial charge in [-0.3, -0.25) is 0 Å². The van der Waals surface area contributed by atoms with E-state index in [0.717, 1.165) is 39.9 Å². The maximum atomic E-state index is 5.26. The topological polar surface area (TPSA) is 41.5 Å². The molecule has 0 atom stereocenters. The summed E-state index contributed by atoms with van der Waals surface area (Å²) in [7, 11) is 5.74. The predicted octanol–water partition coefficient (Wildman–Crippen LogP) is 4.00. The Bertz CT molecular complexity index is 892. The number of anilines is 4. The Morgan fingerprint density at radius 2 is 1.58 bits per heavy atom. The number of pyridine rings is 2. The Kier molecular flexibility index (Phi) is 3.34. The number of nitrogens with zero attached hydrogens (tertiary/aromatic N) is 4. The third kappa shape index (κ3) is 2.09. The lowest BCUT2D eigenvalue weighted by atomic mass is 10.0. The molecule has 0 spiro atoms. The quantitative estimate of drug-likeness (QED) is 0.714. The highest BCUT2D eigenvalue weighted by Gasteiger charge is 2.28. The molecule has 5 heteroatoms. The number of rotatable bonds is 2. The fourth-order valence-electron chi connectivity index (χ4n) is 3.15. The van der Waals surface area contributed by atoms with Gasteiger partial charge in [-0.1, -0.05) is 12.1 Å². The first-order valence-corrected chi connectivity index (χ1v) is 7.76. The summed E-state index contributed by atoms with van der Waals surface area (Å²) in [5.41, 5.74) is 4.40. The summed E-state index contributed by atoms with van der Waals surface area (Å²) in [6.45, 7) is 0. The van der Waals surface area contributed by atoms with Gasteiger partial charge < -0.3 is 14.5 Å². The van der Waals surface area contributed by atoms with Crippen LogP contribution in [0.25, 0.3) is 11.1 Å². The Morgan fingerprint density at radius 1 is 0.833 bits per heavy atom. The van der Waals surface area contributed by atoms with E-state index >= 15 is 0 Å². The minimum atomic E-state index is 0.849. The van der Waals surface area contributed by atoms with Gasteiger partial charge in [0.05, 0.1) is 18.5 Å². The first-order chi connectivity index (χ1) is 11.7. The number of hydrogen-bond acceptors (Lipinski definition) is 5. The highest BCUT2D eigenvalue weighted by Crippen LogP contribution is 2.48. The lowest BCUT2D eigenvalue weighted by Gasteiger charge is -2.35. The molecule has 3 aromatic rings. The molecule has 0 N–H and O–H groups in total. The smallest absolute Gasteiger partial charge is 0.158 e. The van der Waals surface area contributed by atoms with Crippen molar-refractivity contribution in [2.24, 2.45) is 0 Å². The highest BCUT2D eigenvalue weighted by atomic mass is 16.5. The van der Waals surface area contributed by atoms with Crippen LogP contribution in [0.4, 0.5) is 23.0 Å². The average Bonchev–Trinajstić information content (AvgIpc) is 2.65. The standard InChI is InChI=1S/C19H18N4O/c1-22-16-5-4-11-20-18(16)23(2)19-17(22)15(10-12-21-19)13-6-8-14(24-3)9-7-13/h4-12H,1-3H3. The molecule has 4 rings (SSSR count). The van der Waals surface area contributed by atoms with Gasteiger partial charge >= 0.3 is 0 Å². The zero-order chi connectivity index (χ0) is 16.7. The van der Waals surface area contributed by atoms with Gasteiger partial charge in [0, 0.05) is 32.1 Å². The summed E-state index contributed by atoms with van der Waals surface area (Å²) in [4.78, 5) is 13.3. The third-order valence-electron chi connectivity index (χ3n) is 4.40. The van der Waals surface area contributed by atoms with Crippen molar-refractivity contribution >= 4 is 23.0 Å². The van der Waals surface area contributed by atoms with E-state index in [9.17, 15) is 0 Å². The Morgan fingerprint density at radius 3 is 2.33 bits per heavy atom. The van der Waals surface area contributed by atoms with E-state index in [4.69, 9.17) is 4.74 Å². The van der Waals surface area contributed by atoms with Gasteiger partial charge in [-0.05, 0) is 35.9 Å². The molecule has 0 radical (unpaired) electrons. The summed E-state index contributed by atoms with van der Waals surface area (Å²) in [6, 6.07) is 14.2. The second kappa shape index (κ2) is 5.53. The molecule has 24 heavy (non-hydrogen) atoms. The van der Waals surface area contributed by atoms with Crippen molar-refractivity contribution in [1.82, 2.24) is 9.97 Å². The van der Waals surface area contributed by atoms with Crippen molar-refractivity contribution in [3.63, 3.8) is 0 Å². The molecule has 1 aromatic carbocycles. The van der Waals surface area contributed by atoms with Crippen molar-refractivity contribution in [2.75, 3.05) is 31.0 Å². The molecule has 120 valence electrons. The zero-order valence-corrected chi connectivity index (χ0v) is 13.9. The summed E-state index contributed by atoms with van der Waals surface area (Å²) in [6.07, 6.45) is 3.65. The number of benzene rings is 1. The molecular formula is C19H18N4O. The molecule has 1 aliphatic rings. The van der Waals surface area contributed by atoms with E-state index in [0.29, 0.717) is 0 Å². The van der Waals surface area contributed by atoms with Gasteiger partial charge in [-0.15, -0.1) is 0 Å². The Balaban J connectivity index is 1.90. The molecule has 2 aromatic heterocycles. The summed E-state index contributed by atoms with van der Waals surface area (Å²) in [5.74, 6) is 2.66. The van der Waals surface area contributed by atoms with Crippen LogP contribution in [0.1, 0.15) is 0 Å². The Labute approximate surface area is 141 Å². The zero-order valence-electron chi connectivity index (χ0n) is 13.9. The maximum Gasteiger partial charge on any atom is 0.158 e. The molecule has 0 aliphatic carbocycles. The van der Waals surface area contributed by atoms with Crippen LogP contribution in [0.5, 0.6) is 5.75 Å². The van der Waals surface area contributed by atoms with Crippen molar-refractivity contribution in [3.8, 4) is 16.9 Å². The number of hydrogen-bond donors (Lipinski definition) is 0. The molecule has 1 aliphatic heterocycles. The Hall–Kier alpha value is -3.08. The highest BCUT2D eigenvalue weighted by molar-refractivity contribution is 5.96. The van der Waals surface area contributed by atoms with Gasteiger partial charge in [-0.25, -0.2) is 9.97 Å². The number of methoxy groups -OCH3 is 1. The number of fused-ring (bicyclic) bond motifs is 2. The molecule has 0 fully saturated rings. The predicted molar refractivity (Wildman–Crippen MR) is 96.6 cm³/mol. The van der Waals surface area contributed by atoms with E-state index in [1.807, 2.05) is 48.6 Å². The number of ether oxygens (including phenoxy) is 1. The van der Waals surface area contributed by atoms with Crippen molar-refractivity contribution < 1.29 is 4.74 Å². The van der Waals surface area contributed by atoms with Crippen LogP contribution in [0, 0.1) is 0 Å². The van der Waals surface area contributed by atoms with Crippen LogP contribution in [-0.4, -0.2) is 31.2 Å². The molecule has 0 saturated heterocycles. The number of aromatic nitrogens is 2. The van der Waals surface area contributed by atoms with Crippen molar-refractivity contribution in [3.05, 3.63) is 54.9 Å². The van der Waals surface area contributed by atoms with Crippen LogP contribution < -0.4 is 14.5 Å². The normalized spacial score (nSPS) is 12.6. The van der Waals surface area contributed by atoms with Crippen molar-refractivity contribution in [2.45, 2.75) is 0 Å². The van der Waals surface area contributed by atoms with E-state index in [-0.39, 0.29) is 0 Å². The molecule has 5 nitrogen and oxygen atoms in total. The monoisotopic (exact) mass is 318 g/mol. The largest absolute Gasteiger partial charge is 0.497 e. The molecule has 0 saturated carbocycles. The van der Waals surface area contributed by atoms with Gasteiger partial charge in [0.25, 0.3) is 0 Å². The van der Waals surface area contributed by atoms with Crippen LogP contribution in [0.2, 0.25) is 0 Å². The van der Waals surface area contributed by atoms with Crippen LogP contribution in [-0.2, 0) is 0 Å². The molecule has 3 heterocycles. The van der Waals surface area contributed by atoms with Crippen LogP contribution >= 0.6 is 0 Å². The molecular weight excluding hydrogens is 300 g/mol. The summed E-state index contributed by atoms with van der Waals surface area (Å²) in [5, 5.41) is 0. The van der Waals surface area contributed by atoms with Gasteiger partial charge in [0.2, 0.25) is 0 Å². The third-order valence-corrected chi connectivity index (χ3v) is 4.40. The van der Waals surface area contributed by atoms with Gasteiger partial charge in [-0.2, -0.15) is 0 Å². The summed E-state index contributed by atoms with van der Waals surface area (Å²) < 4.78 is 5.26. The van der Waals surface area contributed by atoms with Gasteiger partial charge in [0.1, 0.15) is 5.75 Å². The fraction of sp³-hybridized carbons (Fsp3) is 0.158. The lowest BCUT2D eigenvalue weighted by Crippen LogP contribution is -2.26. The van der Waals surface area contributed by atoms with E-state index in [1.54, 1.807) is 7.11 Å². The van der Waals surface area contributed by atoms with E-state index in [1.165, 1.54) is 0 Å². The minimum Gasteiger partial charge on any atom is -0.497 e. The van der Waals surface area contributed by atoms with E-state index < -0.39 is 0 Å². The molecule has 0 unspecified atom stereocenters. The second-order valence-corrected chi connectivity index (χ2v) is 5.72. The molecule has 0 amide bonds. The minimum absolute atomic E-state index is 0.849. The SMILES string of the molecule is COc1ccc(-c2ccnc3c2N(C)c2cccnc2N3C)cc1.